The van der Waals surface area contributed by atoms with E-state index in [0.717, 1.165) is 40.3 Å². The molecule has 0 aliphatic heterocycles. The van der Waals surface area contributed by atoms with Crippen molar-refractivity contribution in [1.82, 2.24) is 4.98 Å². The van der Waals surface area contributed by atoms with Crippen molar-refractivity contribution in [2.24, 2.45) is 5.92 Å². The first-order valence-corrected chi connectivity index (χ1v) is 9.67. The fourth-order valence-electron chi connectivity index (χ4n) is 3.17. The Hall–Kier alpha value is -3.19. The van der Waals surface area contributed by atoms with E-state index in [4.69, 9.17) is 9.83 Å². The average molecular weight is 371 g/mol. The monoisotopic (exact) mass is 371 g/mol. The molecule has 0 saturated carbocycles. The number of nitrogens with zero attached hydrogens (tertiary/aromatic N) is 2. The lowest BCUT2D eigenvalue weighted by molar-refractivity contribution is 0.539. The molecule has 3 aromatic rings. The lowest BCUT2D eigenvalue weighted by Gasteiger charge is -2.09. The third-order valence-electron chi connectivity index (χ3n) is 5.20. The topological polar surface area (TPSA) is 73.7 Å². The minimum atomic E-state index is 0.301. The number of nitrogens with one attached hydrogen (secondary N) is 1. The molecule has 28 heavy (non-hydrogen) atoms. The maximum Gasteiger partial charge on any atom is 0.226 e. The van der Waals surface area contributed by atoms with E-state index < -0.39 is 0 Å². The van der Waals surface area contributed by atoms with Crippen molar-refractivity contribution >= 4 is 5.71 Å². The summed E-state index contributed by atoms with van der Waals surface area (Å²) in [4.78, 5) is 4.64. The summed E-state index contributed by atoms with van der Waals surface area (Å²) in [6.07, 6.45) is 2.37. The van der Waals surface area contributed by atoms with Crippen LogP contribution in [0.4, 0.5) is 0 Å². The molecule has 0 aliphatic rings. The smallest absolute Gasteiger partial charge is 0.226 e. The van der Waals surface area contributed by atoms with E-state index in [2.05, 4.69) is 24.9 Å². The SMILES string of the molecule is CCC(C)C(=N)CCc1nc(-c2ccc(-c3ccccc3)c(C#N)c2)oc1C. The molecule has 1 unspecified atom stereocenters. The molecule has 0 saturated heterocycles. The standard InChI is InChI=1S/C24H25N3O/c1-4-16(2)22(26)12-13-23-17(3)28-24(27-23)19-10-11-21(20(14-19)15-25)18-8-6-5-7-9-18/h5-11,14,16,26H,4,12-13H2,1-3H3. The minimum absolute atomic E-state index is 0.301. The normalized spacial score (nSPS) is 11.8. The van der Waals surface area contributed by atoms with Gasteiger partial charge in [0.25, 0.3) is 0 Å². The molecule has 1 atom stereocenters. The zero-order chi connectivity index (χ0) is 20.1. The van der Waals surface area contributed by atoms with Gasteiger partial charge in [0.1, 0.15) is 5.76 Å². The highest BCUT2D eigenvalue weighted by molar-refractivity contribution is 5.83. The molecule has 0 aliphatic carbocycles. The summed E-state index contributed by atoms with van der Waals surface area (Å²) in [5.41, 5.74) is 4.94. The second kappa shape index (κ2) is 8.67. The van der Waals surface area contributed by atoms with Crippen molar-refractivity contribution in [2.75, 3.05) is 0 Å². The third-order valence-corrected chi connectivity index (χ3v) is 5.20. The summed E-state index contributed by atoms with van der Waals surface area (Å²) in [7, 11) is 0. The van der Waals surface area contributed by atoms with Crippen LogP contribution in [0.5, 0.6) is 0 Å². The van der Waals surface area contributed by atoms with Crippen LogP contribution in [0, 0.1) is 29.6 Å². The predicted octanol–water partition coefficient (Wildman–Crippen LogP) is 6.19. The molecule has 1 heterocycles. The van der Waals surface area contributed by atoms with Gasteiger partial charge in [0.05, 0.1) is 17.3 Å². The van der Waals surface area contributed by atoms with Gasteiger partial charge in [0.15, 0.2) is 0 Å². The van der Waals surface area contributed by atoms with Crippen molar-refractivity contribution in [1.29, 1.82) is 10.7 Å². The number of hydrogen-bond donors (Lipinski definition) is 1. The second-order valence-electron chi connectivity index (χ2n) is 7.09. The molecule has 0 spiro atoms. The molecule has 4 heteroatoms. The number of benzene rings is 2. The number of aromatic nitrogens is 1. The predicted molar refractivity (Wildman–Crippen MR) is 112 cm³/mol. The summed E-state index contributed by atoms with van der Waals surface area (Å²) in [5.74, 6) is 1.60. The summed E-state index contributed by atoms with van der Waals surface area (Å²) < 4.78 is 5.87. The number of rotatable bonds is 7. The molecule has 4 nitrogen and oxygen atoms in total. The van der Waals surface area contributed by atoms with E-state index >= 15 is 0 Å². The average Bonchev–Trinajstić information content (AvgIpc) is 3.12. The first-order valence-electron chi connectivity index (χ1n) is 9.67. The second-order valence-corrected chi connectivity index (χ2v) is 7.09. The Bertz CT molecular complexity index is 1010. The van der Waals surface area contributed by atoms with Crippen LogP contribution in [0.3, 0.4) is 0 Å². The zero-order valence-corrected chi connectivity index (χ0v) is 16.6. The third kappa shape index (κ3) is 4.20. The Morgan fingerprint density at radius 1 is 1.18 bits per heavy atom. The van der Waals surface area contributed by atoms with E-state index in [1.165, 1.54) is 0 Å². The maximum atomic E-state index is 9.61. The van der Waals surface area contributed by atoms with Crippen LogP contribution in [0.1, 0.15) is 43.7 Å². The summed E-state index contributed by atoms with van der Waals surface area (Å²) in [6.45, 7) is 6.09. The number of oxazole rings is 1. The van der Waals surface area contributed by atoms with Crippen LogP contribution >= 0.6 is 0 Å². The van der Waals surface area contributed by atoms with Crippen LogP contribution in [-0.4, -0.2) is 10.7 Å². The summed E-state index contributed by atoms with van der Waals surface area (Å²) >= 11 is 0. The molecule has 3 rings (SSSR count). The molecule has 1 N–H and O–H groups in total. The molecule has 1 aromatic heterocycles. The van der Waals surface area contributed by atoms with Crippen molar-refractivity contribution in [2.45, 2.75) is 40.0 Å². The fraction of sp³-hybridized carbons (Fsp3) is 0.292. The van der Waals surface area contributed by atoms with Gasteiger partial charge in [-0.15, -0.1) is 0 Å². The summed E-state index contributed by atoms with van der Waals surface area (Å²) in [5, 5.41) is 17.8. The van der Waals surface area contributed by atoms with Gasteiger partial charge in [0.2, 0.25) is 5.89 Å². The molecule has 0 radical (unpaired) electrons. The van der Waals surface area contributed by atoms with Crippen molar-refractivity contribution in [3.63, 3.8) is 0 Å². The molecule has 142 valence electrons. The van der Waals surface area contributed by atoms with Crippen molar-refractivity contribution in [3.05, 3.63) is 65.5 Å². The van der Waals surface area contributed by atoms with E-state index in [-0.39, 0.29) is 0 Å². The van der Waals surface area contributed by atoms with Crippen LogP contribution in [-0.2, 0) is 6.42 Å². The van der Waals surface area contributed by atoms with Crippen LogP contribution < -0.4 is 0 Å². The Balaban J connectivity index is 1.85. The maximum absolute atomic E-state index is 9.61. The number of hydrogen-bond acceptors (Lipinski definition) is 4. The highest BCUT2D eigenvalue weighted by atomic mass is 16.4. The van der Waals surface area contributed by atoms with Crippen LogP contribution in [0.2, 0.25) is 0 Å². The van der Waals surface area contributed by atoms with Gasteiger partial charge in [-0.05, 0) is 55.4 Å². The van der Waals surface area contributed by atoms with Gasteiger partial charge in [-0.3, -0.25) is 0 Å². The van der Waals surface area contributed by atoms with Gasteiger partial charge in [-0.25, -0.2) is 4.98 Å². The van der Waals surface area contributed by atoms with Crippen LogP contribution in [0.15, 0.2) is 52.9 Å². The minimum Gasteiger partial charge on any atom is -0.441 e. The molecular formula is C24H25N3O. The van der Waals surface area contributed by atoms with E-state index in [9.17, 15) is 5.26 Å². The summed E-state index contributed by atoms with van der Waals surface area (Å²) in [6, 6.07) is 17.9. The lowest BCUT2D eigenvalue weighted by Crippen LogP contribution is -2.10. The zero-order valence-electron chi connectivity index (χ0n) is 16.6. The Morgan fingerprint density at radius 2 is 1.93 bits per heavy atom. The van der Waals surface area contributed by atoms with Crippen molar-refractivity contribution < 1.29 is 4.42 Å². The van der Waals surface area contributed by atoms with Gasteiger partial charge in [0, 0.05) is 11.3 Å². The largest absolute Gasteiger partial charge is 0.441 e. The van der Waals surface area contributed by atoms with E-state index in [1.807, 2.05) is 55.5 Å². The fourth-order valence-corrected chi connectivity index (χ4v) is 3.17. The first kappa shape index (κ1) is 19.6. The van der Waals surface area contributed by atoms with Gasteiger partial charge in [-0.2, -0.15) is 5.26 Å². The molecular weight excluding hydrogens is 346 g/mol. The molecule has 0 fully saturated rings. The van der Waals surface area contributed by atoms with Crippen LogP contribution in [0.25, 0.3) is 22.6 Å². The van der Waals surface area contributed by atoms with E-state index in [1.54, 1.807) is 0 Å². The van der Waals surface area contributed by atoms with Gasteiger partial charge < -0.3 is 9.83 Å². The molecule has 0 amide bonds. The van der Waals surface area contributed by atoms with Crippen molar-refractivity contribution in [3.8, 4) is 28.7 Å². The number of nitriles is 1. The first-order chi connectivity index (χ1) is 13.5. The molecule has 2 aromatic carbocycles. The van der Waals surface area contributed by atoms with Gasteiger partial charge >= 0.3 is 0 Å². The Labute approximate surface area is 166 Å². The Kier molecular flexibility index (Phi) is 6.06. The number of aryl methyl sites for hydroxylation is 2. The Morgan fingerprint density at radius 3 is 2.61 bits per heavy atom. The lowest BCUT2D eigenvalue weighted by atomic mass is 9.98. The highest BCUT2D eigenvalue weighted by Crippen LogP contribution is 2.29. The van der Waals surface area contributed by atoms with E-state index in [0.29, 0.717) is 30.2 Å². The molecule has 0 bridgehead atoms. The highest BCUT2D eigenvalue weighted by Gasteiger charge is 2.15. The quantitative estimate of drug-likeness (QED) is 0.503. The van der Waals surface area contributed by atoms with Gasteiger partial charge in [-0.1, -0.05) is 50.2 Å².